The minimum atomic E-state index is 0.630. The van der Waals surface area contributed by atoms with Gasteiger partial charge in [0.05, 0.1) is 10.2 Å². The second kappa shape index (κ2) is 8.09. The molecule has 0 spiro atoms. The van der Waals surface area contributed by atoms with Gasteiger partial charge < -0.3 is 5.32 Å². The van der Waals surface area contributed by atoms with Crippen LogP contribution in [-0.4, -0.2) is 21.5 Å². The summed E-state index contributed by atoms with van der Waals surface area (Å²) >= 11 is 1.77. The van der Waals surface area contributed by atoms with E-state index in [0.717, 1.165) is 35.6 Å². The van der Waals surface area contributed by atoms with Gasteiger partial charge >= 0.3 is 0 Å². The van der Waals surface area contributed by atoms with Crippen molar-refractivity contribution in [2.24, 2.45) is 5.92 Å². The zero-order chi connectivity index (χ0) is 18.8. The van der Waals surface area contributed by atoms with Gasteiger partial charge in [-0.2, -0.15) is 0 Å². The molecule has 1 aliphatic rings. The number of nitrogens with one attached hydrogen (secondary N) is 1. The molecule has 0 atom stereocenters. The summed E-state index contributed by atoms with van der Waals surface area (Å²) < 4.78 is 1.17. The Morgan fingerprint density at radius 2 is 1.93 bits per heavy atom. The van der Waals surface area contributed by atoms with Gasteiger partial charge in [-0.1, -0.05) is 33.6 Å². The zero-order valence-corrected chi connectivity index (χ0v) is 17.6. The number of thiophene rings is 1. The first-order chi connectivity index (χ1) is 13.2. The largest absolute Gasteiger partial charge is 0.369 e. The van der Waals surface area contributed by atoms with Crippen LogP contribution in [0.1, 0.15) is 69.7 Å². The lowest BCUT2D eigenvalue weighted by Crippen LogP contribution is -2.11. The Balaban J connectivity index is 1.83. The summed E-state index contributed by atoms with van der Waals surface area (Å²) in [5.41, 5.74) is 5.45. The highest BCUT2D eigenvalue weighted by atomic mass is 32.1. The maximum atomic E-state index is 5.14. The first-order valence-corrected chi connectivity index (χ1v) is 11.3. The Morgan fingerprint density at radius 1 is 1.11 bits per heavy atom. The quantitative estimate of drug-likeness (QED) is 0.515. The Hall–Kier alpha value is -1.75. The van der Waals surface area contributed by atoms with Crippen molar-refractivity contribution < 1.29 is 0 Å². The normalized spacial score (nSPS) is 14.2. The van der Waals surface area contributed by atoms with Crippen LogP contribution in [0.3, 0.4) is 0 Å². The number of aromatic nitrogens is 3. The lowest BCUT2D eigenvalue weighted by Gasteiger charge is -2.20. The number of nitrogens with zero attached hydrogens (tertiary/aromatic N) is 3. The van der Waals surface area contributed by atoms with E-state index >= 15 is 0 Å². The van der Waals surface area contributed by atoms with Crippen molar-refractivity contribution in [1.29, 1.82) is 0 Å². The Morgan fingerprint density at radius 3 is 2.70 bits per heavy atom. The first-order valence-electron chi connectivity index (χ1n) is 10.5. The molecule has 144 valence electrons. The average Bonchev–Trinajstić information content (AvgIpc) is 3.04. The minimum Gasteiger partial charge on any atom is -0.369 e. The van der Waals surface area contributed by atoms with E-state index in [9.17, 15) is 0 Å². The van der Waals surface area contributed by atoms with E-state index in [-0.39, 0.29) is 0 Å². The second-order valence-corrected chi connectivity index (χ2v) is 9.14. The van der Waals surface area contributed by atoms with Gasteiger partial charge in [0, 0.05) is 17.6 Å². The topological polar surface area (TPSA) is 50.7 Å². The van der Waals surface area contributed by atoms with Gasteiger partial charge in [0.1, 0.15) is 17.0 Å². The van der Waals surface area contributed by atoms with Crippen LogP contribution in [-0.2, 0) is 19.3 Å². The van der Waals surface area contributed by atoms with Crippen LogP contribution in [0.2, 0.25) is 0 Å². The van der Waals surface area contributed by atoms with E-state index in [4.69, 9.17) is 9.97 Å². The minimum absolute atomic E-state index is 0.630. The van der Waals surface area contributed by atoms with Crippen LogP contribution >= 0.6 is 11.3 Å². The van der Waals surface area contributed by atoms with Gasteiger partial charge in [-0.3, -0.25) is 0 Å². The number of hydrogen-bond acceptors (Lipinski definition) is 5. The molecule has 0 saturated heterocycles. The number of unbranched alkanes of at least 4 members (excludes halogenated alkanes) is 2. The predicted molar refractivity (Wildman–Crippen MR) is 116 cm³/mol. The average molecular weight is 383 g/mol. The molecule has 0 radical (unpaired) electrons. The molecule has 27 heavy (non-hydrogen) atoms. The van der Waals surface area contributed by atoms with Crippen LogP contribution in [0.5, 0.6) is 0 Å². The van der Waals surface area contributed by atoms with Gasteiger partial charge in [0.25, 0.3) is 0 Å². The van der Waals surface area contributed by atoms with Crippen molar-refractivity contribution in [3.05, 3.63) is 23.1 Å². The van der Waals surface area contributed by atoms with Gasteiger partial charge in [-0.05, 0) is 55.6 Å². The summed E-state index contributed by atoms with van der Waals surface area (Å²) in [5, 5.41) is 4.84. The molecule has 3 aromatic heterocycles. The summed E-state index contributed by atoms with van der Waals surface area (Å²) in [4.78, 5) is 15.5. The smallest absolute Gasteiger partial charge is 0.147 e. The molecule has 0 aromatic carbocycles. The standard InChI is InChI=1S/C22H30N4S/c1-4-5-8-11-23-21-20-19(24-13-25-21)18-16-10-7-6-9-15(16)17(12-14(2)3)26-22(18)27-20/h13-14H,4-12H2,1-3H3,(H,23,24,25). The van der Waals surface area contributed by atoms with Crippen molar-refractivity contribution in [1.82, 2.24) is 15.0 Å². The summed E-state index contributed by atoms with van der Waals surface area (Å²) in [6.45, 7) is 7.78. The SMILES string of the molecule is CCCCCNc1ncnc2c1sc1nc(CC(C)C)c3c(c12)CCCC3. The Labute approximate surface area is 165 Å². The number of hydrogen-bond donors (Lipinski definition) is 1. The third-order valence-electron chi connectivity index (χ3n) is 5.48. The maximum absolute atomic E-state index is 5.14. The van der Waals surface area contributed by atoms with Crippen LogP contribution in [0.25, 0.3) is 20.4 Å². The molecule has 0 unspecified atom stereocenters. The van der Waals surface area contributed by atoms with Crippen molar-refractivity contribution in [2.75, 3.05) is 11.9 Å². The van der Waals surface area contributed by atoms with E-state index in [0.29, 0.717) is 5.92 Å². The first kappa shape index (κ1) is 18.6. The van der Waals surface area contributed by atoms with Crippen LogP contribution < -0.4 is 5.32 Å². The monoisotopic (exact) mass is 382 g/mol. The lowest BCUT2D eigenvalue weighted by atomic mass is 9.87. The molecule has 3 heterocycles. The molecule has 0 amide bonds. The summed E-state index contributed by atoms with van der Waals surface area (Å²) in [6.07, 6.45) is 11.3. The van der Waals surface area contributed by atoms with Crippen molar-refractivity contribution in [3.63, 3.8) is 0 Å². The lowest BCUT2D eigenvalue weighted by molar-refractivity contribution is 0.615. The molecule has 0 aliphatic heterocycles. The molecule has 1 aliphatic carbocycles. The number of anilines is 1. The van der Waals surface area contributed by atoms with Crippen molar-refractivity contribution >= 4 is 37.6 Å². The molecular weight excluding hydrogens is 352 g/mol. The fourth-order valence-corrected chi connectivity index (χ4v) is 5.35. The number of rotatable bonds is 7. The fourth-order valence-electron chi connectivity index (χ4n) is 4.20. The van der Waals surface area contributed by atoms with Crippen LogP contribution in [0, 0.1) is 5.92 Å². The molecule has 4 rings (SSSR count). The zero-order valence-electron chi connectivity index (χ0n) is 16.8. The molecule has 1 N–H and O–H groups in total. The van der Waals surface area contributed by atoms with Crippen LogP contribution in [0.15, 0.2) is 6.33 Å². The number of fused-ring (bicyclic) bond motifs is 5. The predicted octanol–water partition coefficient (Wildman–Crippen LogP) is 5.92. The highest BCUT2D eigenvalue weighted by Crippen LogP contribution is 2.41. The molecular formula is C22H30N4S. The van der Waals surface area contributed by atoms with Gasteiger partial charge in [-0.15, -0.1) is 11.3 Å². The second-order valence-electron chi connectivity index (χ2n) is 8.14. The third-order valence-corrected chi connectivity index (χ3v) is 6.56. The molecule has 5 heteroatoms. The Bertz CT molecular complexity index is 945. The van der Waals surface area contributed by atoms with Gasteiger partial charge in [0.2, 0.25) is 0 Å². The van der Waals surface area contributed by atoms with Crippen LogP contribution in [0.4, 0.5) is 5.82 Å². The van der Waals surface area contributed by atoms with Crippen molar-refractivity contribution in [2.45, 2.75) is 72.1 Å². The molecule has 0 fully saturated rings. The van der Waals surface area contributed by atoms with Crippen molar-refractivity contribution in [3.8, 4) is 0 Å². The van der Waals surface area contributed by atoms with E-state index in [1.165, 1.54) is 65.4 Å². The maximum Gasteiger partial charge on any atom is 0.147 e. The summed E-state index contributed by atoms with van der Waals surface area (Å²) in [6, 6.07) is 0. The summed E-state index contributed by atoms with van der Waals surface area (Å²) in [7, 11) is 0. The Kier molecular flexibility index (Phi) is 5.58. The fraction of sp³-hybridized carbons (Fsp3) is 0.591. The highest BCUT2D eigenvalue weighted by molar-refractivity contribution is 7.26. The molecule has 0 bridgehead atoms. The number of pyridine rings is 1. The van der Waals surface area contributed by atoms with E-state index in [1.807, 2.05) is 0 Å². The van der Waals surface area contributed by atoms with Gasteiger partial charge in [-0.25, -0.2) is 15.0 Å². The third kappa shape index (κ3) is 3.66. The molecule has 3 aromatic rings. The van der Waals surface area contributed by atoms with E-state index < -0.39 is 0 Å². The molecule has 0 saturated carbocycles. The van der Waals surface area contributed by atoms with E-state index in [1.54, 1.807) is 17.7 Å². The number of aryl methyl sites for hydroxylation is 1. The summed E-state index contributed by atoms with van der Waals surface area (Å²) in [5.74, 6) is 1.61. The molecule has 4 nitrogen and oxygen atoms in total. The van der Waals surface area contributed by atoms with Gasteiger partial charge in [0.15, 0.2) is 0 Å². The highest BCUT2D eigenvalue weighted by Gasteiger charge is 2.23. The van der Waals surface area contributed by atoms with E-state index in [2.05, 4.69) is 31.1 Å².